The number of sulfonamides is 1. The maximum Gasteiger partial charge on any atom is 0.416 e. The number of fused-ring (bicyclic) bond motifs is 1. The van der Waals surface area contributed by atoms with Gasteiger partial charge in [0.25, 0.3) is 0 Å². The van der Waals surface area contributed by atoms with Gasteiger partial charge in [-0.05, 0) is 42.3 Å². The van der Waals surface area contributed by atoms with Gasteiger partial charge < -0.3 is 0 Å². The summed E-state index contributed by atoms with van der Waals surface area (Å²) in [6.45, 7) is 1.57. The van der Waals surface area contributed by atoms with Gasteiger partial charge in [-0.25, -0.2) is 13.1 Å². The minimum atomic E-state index is -4.48. The molecule has 26 heavy (non-hydrogen) atoms. The molecule has 1 heterocycles. The summed E-state index contributed by atoms with van der Waals surface area (Å²) in [5.74, 6) is 0. The number of benzene rings is 2. The number of alkyl halides is 3. The third kappa shape index (κ3) is 3.71. The maximum absolute atomic E-state index is 12.8. The molecule has 0 aliphatic rings. The molecule has 1 aromatic heterocycles. The van der Waals surface area contributed by atoms with Crippen molar-refractivity contribution in [2.24, 2.45) is 0 Å². The molecule has 136 valence electrons. The molecule has 0 unspecified atom stereocenters. The van der Waals surface area contributed by atoms with Gasteiger partial charge in [0.2, 0.25) is 10.0 Å². The van der Waals surface area contributed by atoms with Gasteiger partial charge in [-0.2, -0.15) is 13.2 Å². The normalized spacial score (nSPS) is 12.5. The second kappa shape index (κ2) is 6.69. The predicted octanol–water partition coefficient (Wildman–Crippen LogP) is 4.04. The van der Waals surface area contributed by atoms with Gasteiger partial charge in [0.1, 0.15) is 0 Å². The third-order valence-corrected chi connectivity index (χ3v) is 5.40. The lowest BCUT2D eigenvalue weighted by atomic mass is 10.1. The number of hydrogen-bond donors (Lipinski definition) is 1. The molecule has 0 aliphatic heterocycles. The van der Waals surface area contributed by atoms with E-state index >= 15 is 0 Å². The van der Waals surface area contributed by atoms with Crippen LogP contribution in [0.25, 0.3) is 10.9 Å². The first-order valence-electron chi connectivity index (χ1n) is 7.68. The SMILES string of the molecule is Cc1ccc(S(=O)(=O)NCc2cccc(C(F)(F)F)c2)c2cccnc12. The minimum Gasteiger partial charge on any atom is -0.256 e. The monoisotopic (exact) mass is 380 g/mol. The van der Waals surface area contributed by atoms with Crippen molar-refractivity contribution in [1.29, 1.82) is 0 Å². The summed E-state index contributed by atoms with van der Waals surface area (Å²) >= 11 is 0. The van der Waals surface area contributed by atoms with Gasteiger partial charge >= 0.3 is 6.18 Å². The number of aryl methyl sites for hydroxylation is 1. The average Bonchev–Trinajstić information content (AvgIpc) is 2.60. The van der Waals surface area contributed by atoms with Crippen LogP contribution in [0.4, 0.5) is 13.2 Å². The van der Waals surface area contributed by atoms with Crippen molar-refractivity contribution < 1.29 is 21.6 Å². The topological polar surface area (TPSA) is 59.1 Å². The van der Waals surface area contributed by atoms with E-state index in [9.17, 15) is 21.6 Å². The van der Waals surface area contributed by atoms with E-state index in [1.165, 1.54) is 18.2 Å². The Balaban J connectivity index is 1.91. The highest BCUT2D eigenvalue weighted by Gasteiger charge is 2.30. The lowest BCUT2D eigenvalue weighted by Gasteiger charge is -2.12. The van der Waals surface area contributed by atoms with Gasteiger partial charge in [-0.1, -0.05) is 24.3 Å². The molecule has 3 rings (SSSR count). The first kappa shape index (κ1) is 18.3. The van der Waals surface area contributed by atoms with Crippen LogP contribution in [-0.4, -0.2) is 13.4 Å². The number of hydrogen-bond acceptors (Lipinski definition) is 3. The number of halogens is 3. The molecule has 0 saturated carbocycles. The van der Waals surface area contributed by atoms with Crippen molar-refractivity contribution in [3.63, 3.8) is 0 Å². The first-order valence-corrected chi connectivity index (χ1v) is 9.17. The summed E-state index contributed by atoms with van der Waals surface area (Å²) in [6.07, 6.45) is -2.91. The predicted molar refractivity (Wildman–Crippen MR) is 91.9 cm³/mol. The van der Waals surface area contributed by atoms with Gasteiger partial charge in [-0.15, -0.1) is 0 Å². The first-order chi connectivity index (χ1) is 12.2. The lowest BCUT2D eigenvalue weighted by Crippen LogP contribution is -2.23. The molecule has 0 spiro atoms. The van der Waals surface area contributed by atoms with Crippen LogP contribution in [-0.2, 0) is 22.7 Å². The largest absolute Gasteiger partial charge is 0.416 e. The quantitative estimate of drug-likeness (QED) is 0.743. The fourth-order valence-electron chi connectivity index (χ4n) is 2.64. The summed E-state index contributed by atoms with van der Waals surface area (Å²) in [5.41, 5.74) is 0.795. The summed E-state index contributed by atoms with van der Waals surface area (Å²) < 4.78 is 66.0. The van der Waals surface area contributed by atoms with Crippen LogP contribution in [0, 0.1) is 6.92 Å². The smallest absolute Gasteiger partial charge is 0.256 e. The van der Waals surface area contributed by atoms with Crippen molar-refractivity contribution in [2.75, 3.05) is 0 Å². The molecule has 0 radical (unpaired) electrons. The maximum atomic E-state index is 12.8. The van der Waals surface area contributed by atoms with Gasteiger partial charge in [0, 0.05) is 18.1 Å². The summed E-state index contributed by atoms with van der Waals surface area (Å²) in [4.78, 5) is 4.23. The zero-order valence-corrected chi connectivity index (χ0v) is 14.5. The van der Waals surface area contributed by atoms with E-state index in [0.717, 1.165) is 17.7 Å². The molecule has 0 fully saturated rings. The van der Waals surface area contributed by atoms with Crippen LogP contribution in [0.5, 0.6) is 0 Å². The second-order valence-corrected chi connectivity index (χ2v) is 7.54. The molecule has 0 aliphatic carbocycles. The van der Waals surface area contributed by atoms with Crippen molar-refractivity contribution in [3.8, 4) is 0 Å². The highest BCUT2D eigenvalue weighted by atomic mass is 32.2. The summed E-state index contributed by atoms with van der Waals surface area (Å²) in [6, 6.07) is 10.9. The van der Waals surface area contributed by atoms with Crippen molar-refractivity contribution >= 4 is 20.9 Å². The molecule has 0 atom stereocenters. The highest BCUT2D eigenvalue weighted by molar-refractivity contribution is 7.89. The Morgan fingerprint density at radius 3 is 2.58 bits per heavy atom. The fourth-order valence-corrected chi connectivity index (χ4v) is 3.85. The molecule has 8 heteroatoms. The van der Waals surface area contributed by atoms with Crippen molar-refractivity contribution in [1.82, 2.24) is 9.71 Å². The van der Waals surface area contributed by atoms with Crippen LogP contribution in [0.3, 0.4) is 0 Å². The zero-order valence-electron chi connectivity index (χ0n) is 13.7. The zero-order chi connectivity index (χ0) is 18.9. The Kier molecular flexibility index (Phi) is 4.72. The third-order valence-electron chi connectivity index (χ3n) is 3.94. The second-order valence-electron chi connectivity index (χ2n) is 5.80. The van der Waals surface area contributed by atoms with Crippen LogP contribution in [0.2, 0.25) is 0 Å². The Hall–Kier alpha value is -2.45. The average molecular weight is 380 g/mol. The van der Waals surface area contributed by atoms with Crippen LogP contribution < -0.4 is 4.72 Å². The van der Waals surface area contributed by atoms with Crippen LogP contribution in [0.15, 0.2) is 59.6 Å². The van der Waals surface area contributed by atoms with Gasteiger partial charge in [0.05, 0.1) is 16.0 Å². The molecule has 3 aromatic rings. The molecular weight excluding hydrogens is 365 g/mol. The van der Waals surface area contributed by atoms with Crippen molar-refractivity contribution in [2.45, 2.75) is 24.5 Å². The lowest BCUT2D eigenvalue weighted by molar-refractivity contribution is -0.137. The number of rotatable bonds is 4. The fraction of sp³-hybridized carbons (Fsp3) is 0.167. The molecule has 0 bridgehead atoms. The van der Waals surface area contributed by atoms with Crippen molar-refractivity contribution in [3.05, 3.63) is 71.4 Å². The van der Waals surface area contributed by atoms with Crippen LogP contribution >= 0.6 is 0 Å². The van der Waals surface area contributed by atoms with E-state index in [2.05, 4.69) is 9.71 Å². The molecule has 1 N–H and O–H groups in total. The highest BCUT2D eigenvalue weighted by Crippen LogP contribution is 2.30. The molecule has 2 aromatic carbocycles. The standard InChI is InChI=1S/C18H15F3N2O2S/c1-12-7-8-16(15-6-3-9-22-17(12)15)26(24,25)23-11-13-4-2-5-14(10-13)18(19,20)21/h2-10,23H,11H2,1H3. The van der Waals surface area contributed by atoms with Gasteiger partial charge in [0.15, 0.2) is 0 Å². The minimum absolute atomic E-state index is 0.0400. The Bertz CT molecular complexity index is 1060. The molecular formula is C18H15F3N2O2S. The summed E-state index contributed by atoms with van der Waals surface area (Å²) in [7, 11) is -3.92. The Morgan fingerprint density at radius 1 is 1.08 bits per heavy atom. The molecule has 4 nitrogen and oxygen atoms in total. The van der Waals surface area contributed by atoms with Crippen LogP contribution in [0.1, 0.15) is 16.7 Å². The van der Waals surface area contributed by atoms with E-state index in [4.69, 9.17) is 0 Å². The Labute approximate surface area is 148 Å². The van der Waals surface area contributed by atoms with Gasteiger partial charge in [-0.3, -0.25) is 4.98 Å². The number of nitrogens with one attached hydrogen (secondary N) is 1. The van der Waals surface area contributed by atoms with E-state index in [1.807, 2.05) is 6.92 Å². The molecule has 0 saturated heterocycles. The van der Waals surface area contributed by atoms with E-state index in [0.29, 0.717) is 10.9 Å². The van der Waals surface area contributed by atoms with E-state index in [1.54, 1.807) is 24.4 Å². The van der Waals surface area contributed by atoms with E-state index < -0.39 is 21.8 Å². The van der Waals surface area contributed by atoms with E-state index in [-0.39, 0.29) is 17.0 Å². The number of nitrogens with zero attached hydrogens (tertiary/aromatic N) is 1. The Morgan fingerprint density at radius 2 is 1.85 bits per heavy atom. The number of pyridine rings is 1. The number of aromatic nitrogens is 1. The molecule has 0 amide bonds. The summed E-state index contributed by atoms with van der Waals surface area (Å²) in [5, 5.41) is 0.462.